The molecule has 0 bridgehead atoms. The van der Waals surface area contributed by atoms with Crippen molar-refractivity contribution in [1.29, 1.82) is 0 Å². The molecule has 1 aliphatic heterocycles. The second kappa shape index (κ2) is 5.27. The SMILES string of the molecule is CNC1CC(C(=O)O)N(C(=O)CN(C)C)C1. The molecule has 0 aliphatic carbocycles. The monoisotopic (exact) mass is 229 g/mol. The van der Waals surface area contributed by atoms with Crippen molar-refractivity contribution in [3.63, 3.8) is 0 Å². The normalized spacial score (nSPS) is 25.1. The van der Waals surface area contributed by atoms with Crippen LogP contribution in [0.25, 0.3) is 0 Å². The molecular weight excluding hydrogens is 210 g/mol. The molecule has 1 saturated heterocycles. The van der Waals surface area contributed by atoms with E-state index in [-0.39, 0.29) is 18.5 Å². The first-order chi connectivity index (χ1) is 7.45. The number of amides is 1. The Kier molecular flexibility index (Phi) is 4.26. The standard InChI is InChI=1S/C10H19N3O3/c1-11-7-4-8(10(15)16)13(5-7)9(14)6-12(2)3/h7-8,11H,4-6H2,1-3H3,(H,15,16). The zero-order valence-electron chi connectivity index (χ0n) is 9.93. The highest BCUT2D eigenvalue weighted by atomic mass is 16.4. The van der Waals surface area contributed by atoms with Crippen LogP contribution < -0.4 is 5.32 Å². The number of aliphatic carboxylic acids is 1. The molecule has 6 nitrogen and oxygen atoms in total. The molecule has 2 N–H and O–H groups in total. The van der Waals surface area contributed by atoms with Gasteiger partial charge in [-0.2, -0.15) is 0 Å². The molecule has 1 amide bonds. The van der Waals surface area contributed by atoms with Crippen molar-refractivity contribution in [2.24, 2.45) is 0 Å². The van der Waals surface area contributed by atoms with E-state index in [2.05, 4.69) is 5.32 Å². The molecule has 0 aromatic heterocycles. The Morgan fingerprint density at radius 2 is 2.12 bits per heavy atom. The van der Waals surface area contributed by atoms with Crippen molar-refractivity contribution in [2.75, 3.05) is 34.2 Å². The van der Waals surface area contributed by atoms with Crippen LogP contribution in [0.3, 0.4) is 0 Å². The fourth-order valence-electron chi connectivity index (χ4n) is 1.92. The summed E-state index contributed by atoms with van der Waals surface area (Å²) in [7, 11) is 5.36. The van der Waals surface area contributed by atoms with E-state index < -0.39 is 12.0 Å². The number of nitrogens with one attached hydrogen (secondary N) is 1. The van der Waals surface area contributed by atoms with Crippen LogP contribution in [0.15, 0.2) is 0 Å². The zero-order valence-corrected chi connectivity index (χ0v) is 9.93. The van der Waals surface area contributed by atoms with Gasteiger partial charge in [0, 0.05) is 12.6 Å². The van der Waals surface area contributed by atoms with Crippen molar-refractivity contribution >= 4 is 11.9 Å². The number of hydrogen-bond donors (Lipinski definition) is 2. The predicted octanol–water partition coefficient (Wildman–Crippen LogP) is -1.18. The number of hydrogen-bond acceptors (Lipinski definition) is 4. The Morgan fingerprint density at radius 3 is 2.56 bits per heavy atom. The number of nitrogens with zero attached hydrogens (tertiary/aromatic N) is 2. The summed E-state index contributed by atoms with van der Waals surface area (Å²) in [4.78, 5) is 26.0. The molecule has 2 unspecified atom stereocenters. The van der Waals surface area contributed by atoms with Crippen molar-refractivity contribution in [1.82, 2.24) is 15.1 Å². The maximum atomic E-state index is 11.8. The van der Waals surface area contributed by atoms with Gasteiger partial charge in [-0.15, -0.1) is 0 Å². The summed E-state index contributed by atoms with van der Waals surface area (Å²) in [5, 5.41) is 12.1. The minimum absolute atomic E-state index is 0.0761. The Labute approximate surface area is 95.2 Å². The molecule has 1 heterocycles. The molecular formula is C10H19N3O3. The first kappa shape index (κ1) is 12.9. The number of rotatable bonds is 4. The van der Waals surface area contributed by atoms with Crippen LogP contribution in [0.1, 0.15) is 6.42 Å². The maximum Gasteiger partial charge on any atom is 0.326 e. The van der Waals surface area contributed by atoms with Gasteiger partial charge in [0.15, 0.2) is 0 Å². The summed E-state index contributed by atoms with van der Waals surface area (Å²) in [5.74, 6) is -1.06. The van der Waals surface area contributed by atoms with E-state index in [0.717, 1.165) is 0 Å². The number of likely N-dealkylation sites (N-methyl/N-ethyl adjacent to an activating group) is 2. The van der Waals surface area contributed by atoms with Crippen LogP contribution in [-0.2, 0) is 9.59 Å². The summed E-state index contributed by atoms with van der Waals surface area (Å²) in [6.45, 7) is 0.723. The van der Waals surface area contributed by atoms with Gasteiger partial charge in [0.05, 0.1) is 6.54 Å². The van der Waals surface area contributed by atoms with E-state index in [4.69, 9.17) is 5.11 Å². The highest BCUT2D eigenvalue weighted by Gasteiger charge is 2.38. The third-order valence-electron chi connectivity index (χ3n) is 2.77. The van der Waals surface area contributed by atoms with Crippen molar-refractivity contribution < 1.29 is 14.7 Å². The van der Waals surface area contributed by atoms with Crippen molar-refractivity contribution in [3.8, 4) is 0 Å². The van der Waals surface area contributed by atoms with E-state index in [9.17, 15) is 9.59 Å². The summed E-state index contributed by atoms with van der Waals surface area (Å²) < 4.78 is 0. The van der Waals surface area contributed by atoms with E-state index >= 15 is 0 Å². The number of carbonyl (C=O) groups excluding carboxylic acids is 1. The highest BCUT2D eigenvalue weighted by molar-refractivity contribution is 5.85. The number of carbonyl (C=O) groups is 2. The Bertz CT molecular complexity index is 280. The molecule has 0 saturated carbocycles. The average molecular weight is 229 g/mol. The number of carboxylic acid groups (broad SMARTS) is 1. The second-order valence-corrected chi connectivity index (χ2v) is 4.36. The minimum atomic E-state index is -0.926. The van der Waals surface area contributed by atoms with Crippen LogP contribution in [0.2, 0.25) is 0 Å². The fourth-order valence-corrected chi connectivity index (χ4v) is 1.92. The van der Waals surface area contributed by atoms with Gasteiger partial charge in [-0.1, -0.05) is 0 Å². The quantitative estimate of drug-likeness (QED) is 0.635. The lowest BCUT2D eigenvalue weighted by Crippen LogP contribution is -2.44. The third-order valence-corrected chi connectivity index (χ3v) is 2.77. The van der Waals surface area contributed by atoms with Gasteiger partial charge in [-0.3, -0.25) is 4.79 Å². The molecule has 92 valence electrons. The van der Waals surface area contributed by atoms with E-state index in [1.807, 2.05) is 0 Å². The van der Waals surface area contributed by atoms with Gasteiger partial charge in [0.2, 0.25) is 5.91 Å². The molecule has 1 fully saturated rings. The Balaban J connectivity index is 2.69. The van der Waals surface area contributed by atoms with Gasteiger partial charge in [0.25, 0.3) is 0 Å². The molecule has 0 spiro atoms. The van der Waals surface area contributed by atoms with Gasteiger partial charge in [-0.05, 0) is 27.6 Å². The van der Waals surface area contributed by atoms with Gasteiger partial charge in [-0.25, -0.2) is 4.79 Å². The topological polar surface area (TPSA) is 72.9 Å². The van der Waals surface area contributed by atoms with Crippen LogP contribution in [0.4, 0.5) is 0 Å². The smallest absolute Gasteiger partial charge is 0.326 e. The molecule has 6 heteroatoms. The fraction of sp³-hybridized carbons (Fsp3) is 0.800. The molecule has 1 rings (SSSR count). The lowest BCUT2D eigenvalue weighted by Gasteiger charge is -2.23. The first-order valence-electron chi connectivity index (χ1n) is 5.30. The lowest BCUT2D eigenvalue weighted by atomic mass is 10.2. The summed E-state index contributed by atoms with van der Waals surface area (Å²) in [6, 6.07) is -0.614. The molecule has 0 radical (unpaired) electrons. The minimum Gasteiger partial charge on any atom is -0.480 e. The highest BCUT2D eigenvalue weighted by Crippen LogP contribution is 2.18. The van der Waals surface area contributed by atoms with Crippen LogP contribution in [-0.4, -0.2) is 73.1 Å². The maximum absolute atomic E-state index is 11.8. The molecule has 2 atom stereocenters. The number of carboxylic acids is 1. The van der Waals surface area contributed by atoms with E-state index in [1.165, 1.54) is 4.90 Å². The molecule has 0 aromatic rings. The lowest BCUT2D eigenvalue weighted by molar-refractivity contribution is -0.148. The second-order valence-electron chi connectivity index (χ2n) is 4.36. The summed E-state index contributed by atoms with van der Waals surface area (Å²) >= 11 is 0. The van der Waals surface area contributed by atoms with Gasteiger partial charge < -0.3 is 20.2 Å². The third kappa shape index (κ3) is 2.93. The summed E-state index contributed by atoms with van der Waals surface area (Å²) in [6.07, 6.45) is 0.477. The molecule has 0 aromatic carbocycles. The average Bonchev–Trinajstić information content (AvgIpc) is 2.60. The Morgan fingerprint density at radius 1 is 1.50 bits per heavy atom. The van der Waals surface area contributed by atoms with E-state index in [0.29, 0.717) is 13.0 Å². The Hall–Kier alpha value is -1.14. The van der Waals surface area contributed by atoms with Crippen LogP contribution >= 0.6 is 0 Å². The van der Waals surface area contributed by atoms with Gasteiger partial charge >= 0.3 is 5.97 Å². The van der Waals surface area contributed by atoms with E-state index in [1.54, 1.807) is 26.0 Å². The van der Waals surface area contributed by atoms with Crippen LogP contribution in [0, 0.1) is 0 Å². The summed E-state index contributed by atoms with van der Waals surface area (Å²) in [5.41, 5.74) is 0. The largest absolute Gasteiger partial charge is 0.480 e. The first-order valence-corrected chi connectivity index (χ1v) is 5.30. The molecule has 16 heavy (non-hydrogen) atoms. The zero-order chi connectivity index (χ0) is 12.3. The van der Waals surface area contributed by atoms with Crippen molar-refractivity contribution in [2.45, 2.75) is 18.5 Å². The number of likely N-dealkylation sites (tertiary alicyclic amines) is 1. The van der Waals surface area contributed by atoms with Crippen LogP contribution in [0.5, 0.6) is 0 Å². The van der Waals surface area contributed by atoms with Gasteiger partial charge in [0.1, 0.15) is 6.04 Å². The predicted molar refractivity (Wildman–Crippen MR) is 59.2 cm³/mol. The van der Waals surface area contributed by atoms with Crippen molar-refractivity contribution in [3.05, 3.63) is 0 Å². The molecule has 1 aliphatic rings.